The molecule has 140 valence electrons. The monoisotopic (exact) mass is 398 g/mol. The normalized spacial score (nSPS) is 15.2. The summed E-state index contributed by atoms with van der Waals surface area (Å²) in [6.07, 6.45) is 4.07. The van der Waals surface area contributed by atoms with Crippen molar-refractivity contribution in [2.24, 2.45) is 0 Å². The first-order valence-electron chi connectivity index (χ1n) is 9.02. The molecule has 0 bridgehead atoms. The lowest BCUT2D eigenvalue weighted by molar-refractivity contribution is 0.0598. The Kier molecular flexibility index (Phi) is 5.24. The number of piperazine rings is 1. The van der Waals surface area contributed by atoms with Gasteiger partial charge in [-0.25, -0.2) is 0 Å². The fourth-order valence-electron chi connectivity index (χ4n) is 3.40. The largest absolute Gasteiger partial charge is 0.335 e. The summed E-state index contributed by atoms with van der Waals surface area (Å²) in [5.41, 5.74) is 2.32. The molecule has 27 heavy (non-hydrogen) atoms. The number of hydrogen-bond acceptors (Lipinski definition) is 4. The summed E-state index contributed by atoms with van der Waals surface area (Å²) in [5, 5.41) is 1.95. The maximum absolute atomic E-state index is 12.5. The molecule has 0 N–H and O–H groups in total. The minimum absolute atomic E-state index is 0.145. The molecule has 0 spiro atoms. The summed E-state index contributed by atoms with van der Waals surface area (Å²) in [6, 6.07) is 12.1. The molecule has 3 aromatic rings. The van der Waals surface area contributed by atoms with Crippen LogP contribution in [0.5, 0.6) is 0 Å². The lowest BCUT2D eigenvalue weighted by atomic mass is 10.2. The van der Waals surface area contributed by atoms with Gasteiger partial charge in [0, 0.05) is 38.6 Å². The van der Waals surface area contributed by atoms with Crippen LogP contribution in [0, 0.1) is 11.7 Å². The highest BCUT2D eigenvalue weighted by molar-refractivity contribution is 7.71. The van der Waals surface area contributed by atoms with Crippen LogP contribution in [0.25, 0.3) is 5.69 Å². The van der Waals surface area contributed by atoms with Crippen molar-refractivity contribution < 1.29 is 4.79 Å². The molecule has 3 heterocycles. The van der Waals surface area contributed by atoms with Crippen molar-refractivity contribution in [3.63, 3.8) is 0 Å². The molecule has 0 radical (unpaired) electrons. The molecular weight excluding hydrogens is 376 g/mol. The van der Waals surface area contributed by atoms with Crippen LogP contribution in [0.15, 0.2) is 54.2 Å². The van der Waals surface area contributed by atoms with Crippen molar-refractivity contribution in [1.29, 1.82) is 0 Å². The molecule has 1 aliphatic rings. The SMILES string of the molecule is Cc1ccccc1-n1ccn(CN2CCN(C(=O)c3cccs3)CC2)c1=S. The van der Waals surface area contributed by atoms with Crippen LogP contribution >= 0.6 is 23.6 Å². The van der Waals surface area contributed by atoms with E-state index in [1.165, 1.54) is 16.9 Å². The van der Waals surface area contributed by atoms with Crippen molar-refractivity contribution in [1.82, 2.24) is 18.9 Å². The third kappa shape index (κ3) is 3.76. The van der Waals surface area contributed by atoms with Gasteiger partial charge >= 0.3 is 0 Å². The number of carbonyl (C=O) groups excluding carboxylic acids is 1. The van der Waals surface area contributed by atoms with Gasteiger partial charge in [-0.3, -0.25) is 14.3 Å². The number of para-hydroxylation sites is 1. The van der Waals surface area contributed by atoms with E-state index in [4.69, 9.17) is 12.2 Å². The highest BCUT2D eigenvalue weighted by Crippen LogP contribution is 2.16. The van der Waals surface area contributed by atoms with E-state index in [0.717, 1.165) is 48.2 Å². The molecule has 1 aromatic carbocycles. The second-order valence-electron chi connectivity index (χ2n) is 6.74. The van der Waals surface area contributed by atoms with E-state index in [9.17, 15) is 4.79 Å². The van der Waals surface area contributed by atoms with Crippen LogP contribution in [-0.4, -0.2) is 51.0 Å². The van der Waals surface area contributed by atoms with Crippen molar-refractivity contribution >= 4 is 29.5 Å². The quantitative estimate of drug-likeness (QED) is 0.627. The third-order valence-electron chi connectivity index (χ3n) is 4.97. The van der Waals surface area contributed by atoms with E-state index >= 15 is 0 Å². The van der Waals surface area contributed by atoms with E-state index in [0.29, 0.717) is 0 Å². The molecule has 7 heteroatoms. The van der Waals surface area contributed by atoms with Crippen LogP contribution in [-0.2, 0) is 6.67 Å². The van der Waals surface area contributed by atoms with E-state index in [1.807, 2.05) is 46.9 Å². The maximum atomic E-state index is 12.5. The zero-order chi connectivity index (χ0) is 18.8. The zero-order valence-electron chi connectivity index (χ0n) is 15.2. The predicted molar refractivity (Wildman–Crippen MR) is 111 cm³/mol. The molecule has 5 nitrogen and oxygen atoms in total. The van der Waals surface area contributed by atoms with Crippen LogP contribution in [0.2, 0.25) is 0 Å². The Bertz CT molecular complexity index is 982. The summed E-state index contributed by atoms with van der Waals surface area (Å²) in [4.78, 5) is 17.6. The number of carbonyl (C=O) groups is 1. The third-order valence-corrected chi connectivity index (χ3v) is 6.26. The molecule has 0 saturated carbocycles. The first kappa shape index (κ1) is 18.2. The molecule has 0 atom stereocenters. The van der Waals surface area contributed by atoms with Crippen LogP contribution in [0.3, 0.4) is 0 Å². The molecule has 4 rings (SSSR count). The molecule has 0 unspecified atom stereocenters. The summed E-state index contributed by atoms with van der Waals surface area (Å²) in [5.74, 6) is 0.145. The van der Waals surface area contributed by atoms with E-state index < -0.39 is 0 Å². The lowest BCUT2D eigenvalue weighted by Gasteiger charge is -2.34. The lowest BCUT2D eigenvalue weighted by Crippen LogP contribution is -2.48. The van der Waals surface area contributed by atoms with Crippen molar-refractivity contribution in [2.45, 2.75) is 13.6 Å². The number of aryl methyl sites for hydroxylation is 1. The molecule has 2 aromatic heterocycles. The highest BCUT2D eigenvalue weighted by atomic mass is 32.1. The number of imidazole rings is 1. The fourth-order valence-corrected chi connectivity index (χ4v) is 4.37. The second-order valence-corrected chi connectivity index (χ2v) is 8.05. The molecular formula is C20H22N4OS2. The summed E-state index contributed by atoms with van der Waals surface area (Å²) < 4.78 is 4.95. The van der Waals surface area contributed by atoms with Crippen LogP contribution in [0.1, 0.15) is 15.2 Å². The molecule has 1 saturated heterocycles. The molecule has 1 fully saturated rings. The fraction of sp³-hybridized carbons (Fsp3) is 0.300. The number of aromatic nitrogens is 2. The number of benzene rings is 1. The average molecular weight is 399 g/mol. The minimum atomic E-state index is 0.145. The number of thiophene rings is 1. The maximum Gasteiger partial charge on any atom is 0.264 e. The number of nitrogens with zero attached hydrogens (tertiary/aromatic N) is 4. The van der Waals surface area contributed by atoms with Gasteiger partial charge in [0.25, 0.3) is 5.91 Å². The number of rotatable bonds is 4. The van der Waals surface area contributed by atoms with Gasteiger partial charge in [-0.15, -0.1) is 11.3 Å². The van der Waals surface area contributed by atoms with Crippen molar-refractivity contribution in [3.8, 4) is 5.69 Å². The van der Waals surface area contributed by atoms with Crippen molar-refractivity contribution in [3.05, 3.63) is 69.4 Å². The number of amides is 1. The predicted octanol–water partition coefficient (Wildman–Crippen LogP) is 3.79. The number of hydrogen-bond donors (Lipinski definition) is 0. The topological polar surface area (TPSA) is 33.4 Å². The molecule has 1 amide bonds. The Morgan fingerprint density at radius 2 is 1.85 bits per heavy atom. The van der Waals surface area contributed by atoms with Gasteiger partial charge in [0.2, 0.25) is 0 Å². The van der Waals surface area contributed by atoms with Gasteiger partial charge in [-0.2, -0.15) is 0 Å². The summed E-state index contributed by atoms with van der Waals surface area (Å²) in [7, 11) is 0. The van der Waals surface area contributed by atoms with E-state index in [-0.39, 0.29) is 5.91 Å². The minimum Gasteiger partial charge on any atom is -0.335 e. The Hall–Kier alpha value is -2.22. The summed E-state index contributed by atoms with van der Waals surface area (Å²) in [6.45, 7) is 6.06. The van der Waals surface area contributed by atoms with Gasteiger partial charge in [0.15, 0.2) is 4.77 Å². The first-order valence-corrected chi connectivity index (χ1v) is 10.3. The van der Waals surface area contributed by atoms with Crippen LogP contribution in [0.4, 0.5) is 0 Å². The molecule has 0 aliphatic carbocycles. The van der Waals surface area contributed by atoms with Gasteiger partial charge in [-0.1, -0.05) is 24.3 Å². The van der Waals surface area contributed by atoms with Gasteiger partial charge in [-0.05, 0) is 42.2 Å². The van der Waals surface area contributed by atoms with Crippen molar-refractivity contribution in [2.75, 3.05) is 26.2 Å². The van der Waals surface area contributed by atoms with Crippen LogP contribution < -0.4 is 0 Å². The Labute approximate surface area is 168 Å². The first-order chi connectivity index (χ1) is 13.1. The summed E-state index contributed by atoms with van der Waals surface area (Å²) >= 11 is 7.20. The Balaban J connectivity index is 1.41. The van der Waals surface area contributed by atoms with E-state index in [1.54, 1.807) is 0 Å². The van der Waals surface area contributed by atoms with Gasteiger partial charge < -0.3 is 9.47 Å². The van der Waals surface area contributed by atoms with E-state index in [2.05, 4.69) is 33.1 Å². The Morgan fingerprint density at radius 1 is 1.07 bits per heavy atom. The second kappa shape index (κ2) is 7.80. The zero-order valence-corrected chi connectivity index (χ0v) is 16.9. The standard InChI is InChI=1S/C20H22N4OS2/c1-16-5-2-3-6-17(16)24-13-12-23(20(24)26)15-21-8-10-22(11-9-21)19(25)18-7-4-14-27-18/h2-7,12-14H,8-11,15H2,1H3. The highest BCUT2D eigenvalue weighted by Gasteiger charge is 2.23. The van der Waals surface area contributed by atoms with Gasteiger partial charge in [0.1, 0.15) is 0 Å². The van der Waals surface area contributed by atoms with Gasteiger partial charge in [0.05, 0.1) is 17.2 Å². The molecule has 1 aliphatic heterocycles. The average Bonchev–Trinajstić information content (AvgIpc) is 3.34. The Morgan fingerprint density at radius 3 is 2.56 bits per heavy atom. The smallest absolute Gasteiger partial charge is 0.264 e.